The standard InChI is InChI=1S/C47H50N8O6/c1-28(2)40(52-46(58)60-3)44(56)54-22-8-12-38(54)43-49-27-37(51-43)35-21-20-33-24-32(18-19-34(33)25-35)29-14-16-30(17-15-29)36-26-48-42(50-36)39-13-9-23-55(39)45(57)41(53-47(59)61-4)31-10-6-5-7-11-31/h5-7,10-11,14-21,24-28,38-41H,8-9,12-13,22-23H2,1-4H3,(H,48,50)(H,49,51)(H,52,58)(H,53,59)/t38-,39-,40-,41-/m0/s1. The van der Waals surface area contributed by atoms with Gasteiger partial charge in [-0.2, -0.15) is 0 Å². The molecule has 4 heterocycles. The van der Waals surface area contributed by atoms with Gasteiger partial charge in [-0.1, -0.05) is 92.7 Å². The summed E-state index contributed by atoms with van der Waals surface area (Å²) in [4.78, 5) is 71.7. The Labute approximate surface area is 354 Å². The number of imidazole rings is 2. The van der Waals surface area contributed by atoms with E-state index in [1.54, 1.807) is 11.1 Å². The fourth-order valence-corrected chi connectivity index (χ4v) is 8.52. The highest BCUT2D eigenvalue weighted by Gasteiger charge is 2.39. The minimum atomic E-state index is -0.880. The third-order valence-corrected chi connectivity index (χ3v) is 11.8. The average Bonchev–Trinajstić information content (AvgIpc) is 4.14. The van der Waals surface area contributed by atoms with Crippen molar-refractivity contribution in [1.29, 1.82) is 0 Å². The number of amides is 4. The third kappa shape index (κ3) is 8.56. The van der Waals surface area contributed by atoms with Gasteiger partial charge in [0, 0.05) is 18.7 Å². The van der Waals surface area contributed by atoms with Crippen molar-refractivity contribution >= 4 is 34.8 Å². The number of hydrogen-bond donors (Lipinski definition) is 4. The van der Waals surface area contributed by atoms with Gasteiger partial charge in [-0.25, -0.2) is 19.6 Å². The first-order chi connectivity index (χ1) is 29.6. The first-order valence-electron chi connectivity index (χ1n) is 20.7. The molecule has 2 saturated heterocycles. The minimum absolute atomic E-state index is 0.108. The largest absolute Gasteiger partial charge is 0.453 e. The molecule has 0 radical (unpaired) electrons. The Balaban J connectivity index is 0.942. The summed E-state index contributed by atoms with van der Waals surface area (Å²) in [6.07, 6.45) is 5.53. The van der Waals surface area contributed by atoms with E-state index < -0.39 is 24.3 Å². The number of likely N-dealkylation sites (tertiary alicyclic amines) is 2. The molecule has 2 aliphatic heterocycles. The number of nitrogens with one attached hydrogen (secondary N) is 4. The van der Waals surface area contributed by atoms with Crippen molar-refractivity contribution < 1.29 is 28.7 Å². The summed E-state index contributed by atoms with van der Waals surface area (Å²) < 4.78 is 9.60. The van der Waals surface area contributed by atoms with Crippen LogP contribution in [0.5, 0.6) is 0 Å². The van der Waals surface area contributed by atoms with Gasteiger partial charge in [0.15, 0.2) is 0 Å². The Hall–Kier alpha value is -6.96. The summed E-state index contributed by atoms with van der Waals surface area (Å²) >= 11 is 0. The van der Waals surface area contributed by atoms with Crippen molar-refractivity contribution in [2.45, 2.75) is 63.7 Å². The molecule has 0 spiro atoms. The molecule has 4 N–H and O–H groups in total. The number of carbonyl (C=O) groups excluding carboxylic acids is 4. The lowest BCUT2D eigenvalue weighted by Crippen LogP contribution is -2.51. The van der Waals surface area contributed by atoms with Gasteiger partial charge in [-0.15, -0.1) is 0 Å². The topological polar surface area (TPSA) is 175 Å². The van der Waals surface area contributed by atoms with E-state index in [4.69, 9.17) is 19.4 Å². The number of ether oxygens (including phenoxy) is 2. The van der Waals surface area contributed by atoms with E-state index in [0.717, 1.165) is 75.9 Å². The first-order valence-corrected chi connectivity index (χ1v) is 20.7. The summed E-state index contributed by atoms with van der Waals surface area (Å²) in [5.74, 6) is 0.972. The Bertz CT molecular complexity index is 2530. The van der Waals surface area contributed by atoms with Crippen molar-refractivity contribution in [3.8, 4) is 33.6 Å². The van der Waals surface area contributed by atoms with E-state index >= 15 is 0 Å². The Morgan fingerprint density at radius 3 is 1.74 bits per heavy atom. The van der Waals surface area contributed by atoms with Gasteiger partial charge in [0.1, 0.15) is 23.7 Å². The molecule has 314 valence electrons. The summed E-state index contributed by atoms with van der Waals surface area (Å²) in [6.45, 7) is 4.95. The fourth-order valence-electron chi connectivity index (χ4n) is 8.52. The normalized spacial score (nSPS) is 17.3. The third-order valence-electron chi connectivity index (χ3n) is 11.8. The number of H-pyrrole nitrogens is 2. The van der Waals surface area contributed by atoms with Crippen LogP contribution < -0.4 is 10.6 Å². The lowest BCUT2D eigenvalue weighted by atomic mass is 9.98. The van der Waals surface area contributed by atoms with E-state index in [9.17, 15) is 19.2 Å². The summed E-state index contributed by atoms with van der Waals surface area (Å²) in [5.41, 5.74) is 6.52. The van der Waals surface area contributed by atoms with Crippen molar-refractivity contribution in [1.82, 2.24) is 40.4 Å². The van der Waals surface area contributed by atoms with E-state index in [-0.39, 0.29) is 29.8 Å². The lowest BCUT2D eigenvalue weighted by molar-refractivity contribution is -0.135. The number of alkyl carbamates (subject to hydrolysis) is 2. The maximum Gasteiger partial charge on any atom is 0.407 e. The van der Waals surface area contributed by atoms with Gasteiger partial charge >= 0.3 is 12.2 Å². The quantitative estimate of drug-likeness (QED) is 0.101. The van der Waals surface area contributed by atoms with E-state index in [2.05, 4.69) is 81.3 Å². The Morgan fingerprint density at radius 2 is 1.15 bits per heavy atom. The minimum Gasteiger partial charge on any atom is -0.453 e. The van der Waals surface area contributed by atoms with Gasteiger partial charge in [0.25, 0.3) is 5.91 Å². The number of hydrogen-bond acceptors (Lipinski definition) is 8. The van der Waals surface area contributed by atoms with Crippen molar-refractivity contribution in [3.63, 3.8) is 0 Å². The van der Waals surface area contributed by atoms with Crippen LogP contribution in [0.15, 0.2) is 103 Å². The predicted octanol–water partition coefficient (Wildman–Crippen LogP) is 8.09. The average molecular weight is 823 g/mol. The number of rotatable bonds is 11. The fraction of sp³-hybridized carbons (Fsp3) is 0.319. The molecule has 0 saturated carbocycles. The molecule has 2 fully saturated rings. The van der Waals surface area contributed by atoms with Crippen LogP contribution in [0.2, 0.25) is 0 Å². The van der Waals surface area contributed by atoms with Crippen LogP contribution >= 0.6 is 0 Å². The van der Waals surface area contributed by atoms with E-state index in [1.807, 2.05) is 55.3 Å². The summed E-state index contributed by atoms with van der Waals surface area (Å²) in [7, 11) is 2.57. The number of aromatic amines is 2. The number of carbonyl (C=O) groups is 4. The molecular formula is C47H50N8O6. The van der Waals surface area contributed by atoms with Crippen LogP contribution in [-0.2, 0) is 19.1 Å². The molecule has 0 bridgehead atoms. The maximum absolute atomic E-state index is 13.9. The van der Waals surface area contributed by atoms with Crippen molar-refractivity contribution in [2.24, 2.45) is 5.92 Å². The molecule has 2 aliphatic rings. The number of nitrogens with zero attached hydrogens (tertiary/aromatic N) is 4. The van der Waals surface area contributed by atoms with Crippen LogP contribution in [-0.4, -0.2) is 87.1 Å². The molecule has 0 aliphatic carbocycles. The van der Waals surface area contributed by atoms with E-state index in [1.165, 1.54) is 14.2 Å². The monoisotopic (exact) mass is 822 g/mol. The zero-order chi connectivity index (χ0) is 42.6. The van der Waals surface area contributed by atoms with Crippen LogP contribution in [0.4, 0.5) is 9.59 Å². The number of benzene rings is 4. The second kappa shape index (κ2) is 17.7. The van der Waals surface area contributed by atoms with Crippen LogP contribution in [0.3, 0.4) is 0 Å². The smallest absolute Gasteiger partial charge is 0.407 e. The van der Waals surface area contributed by atoms with Crippen LogP contribution in [0, 0.1) is 5.92 Å². The zero-order valence-corrected chi connectivity index (χ0v) is 34.7. The lowest BCUT2D eigenvalue weighted by Gasteiger charge is -2.30. The molecule has 4 amide bonds. The molecule has 14 nitrogen and oxygen atoms in total. The van der Waals surface area contributed by atoms with Gasteiger partial charge in [-0.3, -0.25) is 9.59 Å². The van der Waals surface area contributed by atoms with Gasteiger partial charge in [-0.05, 0) is 76.8 Å². The molecule has 4 atom stereocenters. The Morgan fingerprint density at radius 1 is 0.639 bits per heavy atom. The zero-order valence-electron chi connectivity index (χ0n) is 34.7. The predicted molar refractivity (Wildman–Crippen MR) is 231 cm³/mol. The highest BCUT2D eigenvalue weighted by Crippen LogP contribution is 2.36. The molecular weight excluding hydrogens is 773 g/mol. The van der Waals surface area contributed by atoms with E-state index in [0.29, 0.717) is 24.5 Å². The molecule has 61 heavy (non-hydrogen) atoms. The van der Waals surface area contributed by atoms with Crippen molar-refractivity contribution in [3.05, 3.63) is 121 Å². The highest BCUT2D eigenvalue weighted by molar-refractivity contribution is 5.91. The van der Waals surface area contributed by atoms with Crippen LogP contribution in [0.1, 0.15) is 74.9 Å². The number of methoxy groups -OCH3 is 2. The first kappa shape index (κ1) is 40.8. The number of aromatic nitrogens is 4. The molecule has 4 aromatic carbocycles. The molecule has 6 aromatic rings. The maximum atomic E-state index is 13.9. The second-order valence-electron chi connectivity index (χ2n) is 15.9. The van der Waals surface area contributed by atoms with Gasteiger partial charge in [0.2, 0.25) is 5.91 Å². The van der Waals surface area contributed by atoms with Gasteiger partial charge < -0.3 is 39.9 Å². The van der Waals surface area contributed by atoms with Crippen LogP contribution in [0.25, 0.3) is 44.4 Å². The molecule has 0 unspecified atom stereocenters. The molecule has 2 aromatic heterocycles. The Kier molecular flexibility index (Phi) is 11.9. The van der Waals surface area contributed by atoms with Crippen molar-refractivity contribution in [2.75, 3.05) is 27.3 Å². The second-order valence-corrected chi connectivity index (χ2v) is 15.9. The highest BCUT2D eigenvalue weighted by atomic mass is 16.5. The summed E-state index contributed by atoms with van der Waals surface area (Å²) in [6, 6.07) is 28.2. The van der Waals surface area contributed by atoms with Gasteiger partial charge in [0.05, 0.1) is 50.1 Å². The molecule has 8 rings (SSSR count). The summed E-state index contributed by atoms with van der Waals surface area (Å²) in [5, 5.41) is 7.60. The molecule has 14 heteroatoms. The number of fused-ring (bicyclic) bond motifs is 1. The SMILES string of the molecule is COC(=O)N[C@H](C(=O)N1CCC[C@H]1c1ncc(-c2ccc(-c3ccc4cc(-c5cnc([C@@H]6CCCN6C(=O)[C@@H](NC(=O)OC)C(C)C)[nH]5)ccc4c3)cc2)[nH]1)c1ccccc1.